The lowest BCUT2D eigenvalue weighted by molar-refractivity contribution is 0.600. The highest BCUT2D eigenvalue weighted by Crippen LogP contribution is 2.37. The van der Waals surface area contributed by atoms with Gasteiger partial charge in [-0.05, 0) is 50.5 Å². The number of rotatable bonds is 6. The number of anilines is 2. The molecule has 3 aromatic heterocycles. The van der Waals surface area contributed by atoms with Crippen molar-refractivity contribution >= 4 is 32.4 Å². The summed E-state index contributed by atoms with van der Waals surface area (Å²) in [6, 6.07) is 10.2. The van der Waals surface area contributed by atoms with E-state index in [1.165, 1.54) is 18.5 Å². The third-order valence-corrected chi connectivity index (χ3v) is 7.71. The Morgan fingerprint density at radius 2 is 1.91 bits per heavy atom. The number of nitrogens with one attached hydrogen (secondary N) is 1. The molecule has 8 nitrogen and oxygen atoms in total. The molecule has 0 amide bonds. The van der Waals surface area contributed by atoms with Gasteiger partial charge in [0, 0.05) is 56.5 Å². The van der Waals surface area contributed by atoms with Crippen molar-refractivity contribution in [2.45, 2.75) is 38.1 Å². The Morgan fingerprint density at radius 1 is 1.12 bits per heavy atom. The second kappa shape index (κ2) is 8.22. The van der Waals surface area contributed by atoms with Crippen LogP contribution in [0.2, 0.25) is 0 Å². The van der Waals surface area contributed by atoms with Crippen molar-refractivity contribution in [3.63, 3.8) is 0 Å². The molecule has 0 aliphatic carbocycles. The van der Waals surface area contributed by atoms with Crippen LogP contribution in [0.4, 0.5) is 11.4 Å². The summed E-state index contributed by atoms with van der Waals surface area (Å²) in [5.41, 5.74) is 4.87. The summed E-state index contributed by atoms with van der Waals surface area (Å²) in [5, 5.41) is 5.07. The molecule has 4 heterocycles. The maximum absolute atomic E-state index is 13.3. The Kier molecular flexibility index (Phi) is 5.36. The molecule has 4 aromatic rings. The van der Waals surface area contributed by atoms with E-state index in [-0.39, 0.29) is 4.90 Å². The largest absolute Gasteiger partial charge is 0.372 e. The number of hydrogen-bond donors (Lipinski definition) is 1. The minimum absolute atomic E-state index is 0.183. The molecule has 1 aliphatic heterocycles. The van der Waals surface area contributed by atoms with Crippen molar-refractivity contribution in [1.82, 2.24) is 19.3 Å². The van der Waals surface area contributed by atoms with E-state index in [0.29, 0.717) is 17.9 Å². The van der Waals surface area contributed by atoms with Crippen LogP contribution in [0, 0.1) is 6.92 Å². The second-order valence-corrected chi connectivity index (χ2v) is 10.1. The van der Waals surface area contributed by atoms with E-state index in [9.17, 15) is 8.42 Å². The van der Waals surface area contributed by atoms with Crippen LogP contribution in [0.3, 0.4) is 0 Å². The highest BCUT2D eigenvalue weighted by atomic mass is 32.2. The van der Waals surface area contributed by atoms with Crippen LogP contribution < -0.4 is 9.62 Å². The van der Waals surface area contributed by atoms with Gasteiger partial charge in [0.05, 0.1) is 16.8 Å². The summed E-state index contributed by atoms with van der Waals surface area (Å²) in [7, 11) is -1.89. The minimum atomic E-state index is -3.81. The van der Waals surface area contributed by atoms with Crippen molar-refractivity contribution < 1.29 is 8.42 Å². The summed E-state index contributed by atoms with van der Waals surface area (Å²) >= 11 is 0. The number of pyridine rings is 1. The van der Waals surface area contributed by atoms with Gasteiger partial charge in [0.2, 0.25) is 0 Å². The zero-order valence-electron chi connectivity index (χ0n) is 19.1. The monoisotopic (exact) mass is 464 g/mol. The Hall–Kier alpha value is -3.33. The lowest BCUT2D eigenvalue weighted by Crippen LogP contribution is -2.17. The lowest BCUT2D eigenvalue weighted by Gasteiger charge is -2.18. The van der Waals surface area contributed by atoms with Gasteiger partial charge in [-0.2, -0.15) is 5.10 Å². The summed E-state index contributed by atoms with van der Waals surface area (Å²) < 4.78 is 32.9. The van der Waals surface area contributed by atoms with Gasteiger partial charge in [0.15, 0.2) is 0 Å². The zero-order chi connectivity index (χ0) is 23.2. The molecule has 1 aromatic carbocycles. The number of sulfonamides is 1. The Balaban J connectivity index is 1.60. The Bertz CT molecular complexity index is 1430. The van der Waals surface area contributed by atoms with Crippen molar-refractivity contribution in [3.05, 3.63) is 54.6 Å². The van der Waals surface area contributed by atoms with Gasteiger partial charge in [-0.15, -0.1) is 0 Å². The average molecular weight is 465 g/mol. The van der Waals surface area contributed by atoms with Gasteiger partial charge >= 0.3 is 0 Å². The van der Waals surface area contributed by atoms with Gasteiger partial charge in [0.25, 0.3) is 10.0 Å². The third kappa shape index (κ3) is 3.86. The highest BCUT2D eigenvalue weighted by Gasteiger charge is 2.23. The lowest BCUT2D eigenvalue weighted by atomic mass is 10.0. The quantitative estimate of drug-likeness (QED) is 0.463. The van der Waals surface area contributed by atoms with Crippen molar-refractivity contribution in [1.29, 1.82) is 0 Å². The van der Waals surface area contributed by atoms with Crippen molar-refractivity contribution in [2.75, 3.05) is 22.7 Å². The topological polar surface area (TPSA) is 85.0 Å². The van der Waals surface area contributed by atoms with Crippen LogP contribution >= 0.6 is 0 Å². The summed E-state index contributed by atoms with van der Waals surface area (Å²) in [5.74, 6) is 0. The van der Waals surface area contributed by atoms with E-state index in [4.69, 9.17) is 0 Å². The van der Waals surface area contributed by atoms with Crippen LogP contribution in [-0.4, -0.2) is 40.8 Å². The minimum Gasteiger partial charge on any atom is -0.372 e. The summed E-state index contributed by atoms with van der Waals surface area (Å²) in [6.07, 6.45) is 7.64. The van der Waals surface area contributed by atoms with E-state index < -0.39 is 10.0 Å². The molecular weight excluding hydrogens is 436 g/mol. The number of hydrogen-bond acceptors (Lipinski definition) is 5. The maximum Gasteiger partial charge on any atom is 0.265 e. The molecule has 0 radical (unpaired) electrons. The van der Waals surface area contributed by atoms with E-state index in [0.717, 1.165) is 35.2 Å². The fourth-order valence-electron chi connectivity index (χ4n) is 4.58. The number of aromatic nitrogens is 4. The molecule has 5 rings (SSSR count). The first-order valence-electron chi connectivity index (χ1n) is 11.2. The smallest absolute Gasteiger partial charge is 0.265 e. The SMILES string of the molecule is CCn1cc(S(=O)(=O)Nc2ccnc3c2c(-c2cccc(N4CCCC4)c2)cn3C)c(C)n1. The van der Waals surface area contributed by atoms with E-state index >= 15 is 0 Å². The zero-order valence-corrected chi connectivity index (χ0v) is 19.9. The van der Waals surface area contributed by atoms with Gasteiger partial charge in [-0.3, -0.25) is 9.40 Å². The molecule has 33 heavy (non-hydrogen) atoms. The van der Waals surface area contributed by atoms with Crippen LogP contribution in [0.25, 0.3) is 22.2 Å². The number of aryl methyl sites for hydroxylation is 3. The second-order valence-electron chi connectivity index (χ2n) is 8.50. The van der Waals surface area contributed by atoms with Gasteiger partial charge in [0.1, 0.15) is 10.5 Å². The fraction of sp³-hybridized carbons (Fsp3) is 0.333. The Morgan fingerprint density at radius 3 is 2.64 bits per heavy atom. The molecule has 0 atom stereocenters. The number of fused-ring (bicyclic) bond motifs is 1. The molecule has 0 unspecified atom stereocenters. The van der Waals surface area contributed by atoms with E-state index in [2.05, 4.69) is 44.0 Å². The average Bonchev–Trinajstić information content (AvgIpc) is 3.54. The van der Waals surface area contributed by atoms with Crippen LogP contribution in [0.1, 0.15) is 25.5 Å². The highest BCUT2D eigenvalue weighted by molar-refractivity contribution is 7.92. The van der Waals surface area contributed by atoms with Crippen molar-refractivity contribution in [2.24, 2.45) is 7.05 Å². The molecule has 0 saturated carbocycles. The van der Waals surface area contributed by atoms with Gasteiger partial charge < -0.3 is 9.47 Å². The first kappa shape index (κ1) is 21.5. The molecule has 0 spiro atoms. The summed E-state index contributed by atoms with van der Waals surface area (Å²) in [6.45, 7) is 6.37. The predicted molar refractivity (Wildman–Crippen MR) is 131 cm³/mol. The predicted octanol–water partition coefficient (Wildman–Crippen LogP) is 4.17. The molecule has 0 bridgehead atoms. The molecule has 172 valence electrons. The summed E-state index contributed by atoms with van der Waals surface area (Å²) in [4.78, 5) is 7.10. The van der Waals surface area contributed by atoms with Crippen LogP contribution in [-0.2, 0) is 23.6 Å². The van der Waals surface area contributed by atoms with Crippen molar-refractivity contribution in [3.8, 4) is 11.1 Å². The molecule has 9 heteroatoms. The molecule has 1 saturated heterocycles. The number of benzene rings is 1. The molecular formula is C24H28N6O2S. The van der Waals surface area contributed by atoms with Gasteiger partial charge in [-0.25, -0.2) is 13.4 Å². The van der Waals surface area contributed by atoms with E-state index in [1.807, 2.05) is 24.7 Å². The van der Waals surface area contributed by atoms with Gasteiger partial charge in [-0.1, -0.05) is 12.1 Å². The molecule has 1 N–H and O–H groups in total. The fourth-order valence-corrected chi connectivity index (χ4v) is 5.84. The van der Waals surface area contributed by atoms with Crippen LogP contribution in [0.15, 0.2) is 53.8 Å². The molecule has 1 aliphatic rings. The normalized spacial score (nSPS) is 14.3. The first-order valence-corrected chi connectivity index (χ1v) is 12.7. The number of nitrogens with zero attached hydrogens (tertiary/aromatic N) is 5. The maximum atomic E-state index is 13.3. The van der Waals surface area contributed by atoms with Crippen LogP contribution in [0.5, 0.6) is 0 Å². The first-order chi connectivity index (χ1) is 15.9. The third-order valence-electron chi connectivity index (χ3n) is 6.24. The standard InChI is InChI=1S/C24H28N6O2S/c1-4-30-16-22(17(2)26-30)33(31,32)27-21-10-11-25-24-23(21)20(15-28(24)3)18-8-7-9-19(14-18)29-12-5-6-13-29/h7-11,14-16H,4-6,12-13H2,1-3H3,(H,25,27). The Labute approximate surface area is 193 Å². The molecule has 1 fully saturated rings. The van der Waals surface area contributed by atoms with E-state index in [1.54, 1.807) is 30.1 Å².